The zero-order chi connectivity index (χ0) is 13.8. The largest absolute Gasteiger partial charge is 0.277 e. The van der Waals surface area contributed by atoms with Crippen LogP contribution in [0.25, 0.3) is 5.69 Å². The minimum Gasteiger partial charge on any atom is -0.277 e. The topological polar surface area (TPSA) is 30.7 Å². The van der Waals surface area contributed by atoms with Crippen molar-refractivity contribution in [2.45, 2.75) is 10.9 Å². The third kappa shape index (κ3) is 3.03. The Balaban J connectivity index is 1.80. The van der Waals surface area contributed by atoms with E-state index in [2.05, 4.69) is 22.3 Å². The molecule has 100 valence electrons. The third-order valence-corrected chi connectivity index (χ3v) is 4.06. The van der Waals surface area contributed by atoms with Gasteiger partial charge in [0.2, 0.25) is 0 Å². The summed E-state index contributed by atoms with van der Waals surface area (Å²) in [6.07, 6.45) is 1.71. The molecule has 5 heteroatoms. The highest BCUT2D eigenvalue weighted by Gasteiger charge is 2.07. The van der Waals surface area contributed by atoms with E-state index in [-0.39, 0.29) is 0 Å². The molecule has 0 aliphatic rings. The molecule has 0 N–H and O–H groups in total. The van der Waals surface area contributed by atoms with E-state index in [0.29, 0.717) is 5.02 Å². The highest BCUT2D eigenvalue weighted by molar-refractivity contribution is 7.98. The maximum atomic E-state index is 6.03. The van der Waals surface area contributed by atoms with Crippen molar-refractivity contribution in [2.75, 3.05) is 0 Å². The summed E-state index contributed by atoms with van der Waals surface area (Å²) in [4.78, 5) is 0. The van der Waals surface area contributed by atoms with Crippen LogP contribution in [0, 0.1) is 0 Å². The smallest absolute Gasteiger partial charge is 0.195 e. The lowest BCUT2D eigenvalue weighted by molar-refractivity contribution is 0.884. The van der Waals surface area contributed by atoms with Crippen LogP contribution in [0.3, 0.4) is 0 Å². The molecule has 1 aromatic heterocycles. The van der Waals surface area contributed by atoms with Gasteiger partial charge in [0.25, 0.3) is 0 Å². The summed E-state index contributed by atoms with van der Waals surface area (Å²) in [5, 5.41) is 9.72. The lowest BCUT2D eigenvalue weighted by atomic mass is 10.2. The lowest BCUT2D eigenvalue weighted by Gasteiger charge is -2.06. The van der Waals surface area contributed by atoms with Crippen LogP contribution in [0.15, 0.2) is 66.1 Å². The Morgan fingerprint density at radius 1 is 1.05 bits per heavy atom. The first kappa shape index (κ1) is 13.2. The zero-order valence-electron chi connectivity index (χ0n) is 10.6. The molecule has 0 bridgehead atoms. The second-order valence-electron chi connectivity index (χ2n) is 4.24. The Bertz CT molecular complexity index is 697. The van der Waals surface area contributed by atoms with Crippen molar-refractivity contribution in [3.05, 3.63) is 71.5 Å². The number of benzene rings is 2. The normalized spacial score (nSPS) is 10.7. The Morgan fingerprint density at radius 2 is 1.90 bits per heavy atom. The number of nitrogens with zero attached hydrogens (tertiary/aromatic N) is 3. The van der Waals surface area contributed by atoms with Crippen molar-refractivity contribution in [2.24, 2.45) is 0 Å². The quantitative estimate of drug-likeness (QED) is 0.676. The monoisotopic (exact) mass is 301 g/mol. The molecule has 0 aliphatic carbocycles. The number of rotatable bonds is 4. The van der Waals surface area contributed by atoms with E-state index in [4.69, 9.17) is 11.6 Å². The maximum Gasteiger partial charge on any atom is 0.195 e. The van der Waals surface area contributed by atoms with Gasteiger partial charge in [0.1, 0.15) is 6.33 Å². The van der Waals surface area contributed by atoms with Gasteiger partial charge in [-0.05, 0) is 23.8 Å². The van der Waals surface area contributed by atoms with Crippen molar-refractivity contribution in [1.29, 1.82) is 0 Å². The second-order valence-corrected chi connectivity index (χ2v) is 5.62. The molecule has 0 amide bonds. The van der Waals surface area contributed by atoms with Gasteiger partial charge in [0.05, 0.1) is 5.69 Å². The first-order valence-corrected chi connectivity index (χ1v) is 7.52. The predicted molar refractivity (Wildman–Crippen MR) is 82.4 cm³/mol. The van der Waals surface area contributed by atoms with Gasteiger partial charge in [-0.25, -0.2) is 0 Å². The molecule has 0 unspecified atom stereocenters. The molecule has 0 spiro atoms. The average Bonchev–Trinajstić information content (AvgIpc) is 2.95. The van der Waals surface area contributed by atoms with Crippen molar-refractivity contribution in [3.8, 4) is 5.69 Å². The van der Waals surface area contributed by atoms with Crippen LogP contribution < -0.4 is 0 Å². The van der Waals surface area contributed by atoms with E-state index >= 15 is 0 Å². The Hall–Kier alpha value is -1.78. The fourth-order valence-corrected chi connectivity index (χ4v) is 2.92. The summed E-state index contributed by atoms with van der Waals surface area (Å²) < 4.78 is 1.94. The number of thioether (sulfide) groups is 1. The Morgan fingerprint density at radius 3 is 2.70 bits per heavy atom. The summed E-state index contributed by atoms with van der Waals surface area (Å²) in [6, 6.07) is 18.0. The average molecular weight is 302 g/mol. The van der Waals surface area contributed by atoms with Crippen molar-refractivity contribution < 1.29 is 0 Å². The minimum absolute atomic E-state index is 0.704. The van der Waals surface area contributed by atoms with Gasteiger partial charge in [-0.3, -0.25) is 4.57 Å². The van der Waals surface area contributed by atoms with Crippen molar-refractivity contribution in [3.63, 3.8) is 0 Å². The molecule has 2 aromatic carbocycles. The van der Waals surface area contributed by atoms with E-state index in [1.807, 2.05) is 47.0 Å². The van der Waals surface area contributed by atoms with Crippen LogP contribution in [0.4, 0.5) is 0 Å². The van der Waals surface area contributed by atoms with Gasteiger partial charge >= 0.3 is 0 Å². The van der Waals surface area contributed by atoms with Crippen LogP contribution in [-0.2, 0) is 5.75 Å². The van der Waals surface area contributed by atoms with Gasteiger partial charge in [-0.2, -0.15) is 0 Å². The molecule has 3 nitrogen and oxygen atoms in total. The summed E-state index contributed by atoms with van der Waals surface area (Å²) >= 11 is 7.68. The van der Waals surface area contributed by atoms with E-state index < -0.39 is 0 Å². The zero-order valence-corrected chi connectivity index (χ0v) is 12.2. The molecule has 0 fully saturated rings. The highest BCUT2D eigenvalue weighted by Crippen LogP contribution is 2.24. The molecule has 3 aromatic rings. The number of halogens is 1. The van der Waals surface area contributed by atoms with Gasteiger partial charge < -0.3 is 0 Å². The number of aromatic nitrogens is 3. The van der Waals surface area contributed by atoms with Crippen molar-refractivity contribution >= 4 is 23.4 Å². The second kappa shape index (κ2) is 6.11. The molecule has 0 aliphatic heterocycles. The molecule has 0 atom stereocenters. The van der Waals surface area contributed by atoms with E-state index in [0.717, 1.165) is 16.6 Å². The lowest BCUT2D eigenvalue weighted by Crippen LogP contribution is -1.95. The Labute approximate surface area is 126 Å². The first-order valence-electron chi connectivity index (χ1n) is 6.15. The molecule has 1 heterocycles. The molecule has 0 radical (unpaired) electrons. The molecule has 0 saturated heterocycles. The first-order chi connectivity index (χ1) is 9.83. The highest BCUT2D eigenvalue weighted by atomic mass is 35.5. The standard InChI is InChI=1S/C15H12ClN3S/c16-13-7-4-8-14(9-13)19-11-17-18-15(19)20-10-12-5-2-1-3-6-12/h1-9,11H,10H2. The van der Waals surface area contributed by atoms with E-state index in [1.165, 1.54) is 5.56 Å². The molecular weight excluding hydrogens is 290 g/mol. The van der Waals surface area contributed by atoms with Crippen LogP contribution in [0.5, 0.6) is 0 Å². The van der Waals surface area contributed by atoms with E-state index in [1.54, 1.807) is 18.1 Å². The van der Waals surface area contributed by atoms with Gasteiger partial charge in [-0.1, -0.05) is 59.8 Å². The molecule has 0 saturated carbocycles. The molecule has 3 rings (SSSR count). The summed E-state index contributed by atoms with van der Waals surface area (Å²) in [7, 11) is 0. The Kier molecular flexibility index (Phi) is 4.04. The molecular formula is C15H12ClN3S. The third-order valence-electron chi connectivity index (χ3n) is 2.81. The summed E-state index contributed by atoms with van der Waals surface area (Å²) in [6.45, 7) is 0. The predicted octanol–water partition coefficient (Wildman–Crippen LogP) is 4.21. The molecule has 20 heavy (non-hydrogen) atoms. The van der Waals surface area contributed by atoms with Crippen LogP contribution in [-0.4, -0.2) is 14.8 Å². The van der Waals surface area contributed by atoms with Gasteiger partial charge in [-0.15, -0.1) is 10.2 Å². The fraction of sp³-hybridized carbons (Fsp3) is 0.0667. The van der Waals surface area contributed by atoms with E-state index in [9.17, 15) is 0 Å². The van der Waals surface area contributed by atoms with Gasteiger partial charge in [0.15, 0.2) is 5.16 Å². The fourth-order valence-electron chi connectivity index (χ4n) is 1.85. The summed E-state index contributed by atoms with van der Waals surface area (Å²) in [5.41, 5.74) is 2.23. The van der Waals surface area contributed by atoms with Crippen LogP contribution >= 0.6 is 23.4 Å². The number of hydrogen-bond donors (Lipinski definition) is 0. The van der Waals surface area contributed by atoms with Crippen molar-refractivity contribution in [1.82, 2.24) is 14.8 Å². The van der Waals surface area contributed by atoms with Gasteiger partial charge in [0, 0.05) is 10.8 Å². The SMILES string of the molecule is Clc1cccc(-n2cnnc2SCc2ccccc2)c1. The number of hydrogen-bond acceptors (Lipinski definition) is 3. The maximum absolute atomic E-state index is 6.03. The minimum atomic E-state index is 0.704. The summed E-state index contributed by atoms with van der Waals surface area (Å²) in [5.74, 6) is 0.861. The van der Waals surface area contributed by atoms with Crippen LogP contribution in [0.2, 0.25) is 5.02 Å². The van der Waals surface area contributed by atoms with Crippen LogP contribution in [0.1, 0.15) is 5.56 Å².